The summed E-state index contributed by atoms with van der Waals surface area (Å²) in [6.45, 7) is 0.339. The van der Waals surface area contributed by atoms with E-state index in [0.717, 1.165) is 11.8 Å². The number of hydrogen-bond donors (Lipinski definition) is 2. The Morgan fingerprint density at radius 1 is 1.30 bits per heavy atom. The average Bonchev–Trinajstić information content (AvgIpc) is 2.36. The van der Waals surface area contributed by atoms with E-state index < -0.39 is 15.8 Å². The minimum Gasteiger partial charge on any atom is -0.478 e. The maximum Gasteiger partial charge on any atom is 0.335 e. The van der Waals surface area contributed by atoms with Crippen molar-refractivity contribution in [1.29, 1.82) is 0 Å². The van der Waals surface area contributed by atoms with Crippen molar-refractivity contribution in [2.75, 3.05) is 18.6 Å². The van der Waals surface area contributed by atoms with Crippen LogP contribution in [-0.4, -0.2) is 44.0 Å². The van der Waals surface area contributed by atoms with Crippen molar-refractivity contribution in [3.63, 3.8) is 0 Å². The van der Waals surface area contributed by atoms with Gasteiger partial charge in [-0.05, 0) is 24.1 Å². The molecule has 0 spiro atoms. The number of aromatic carboxylic acids is 1. The third kappa shape index (κ3) is 6.33. The third-order valence-electron chi connectivity index (χ3n) is 2.61. The van der Waals surface area contributed by atoms with E-state index in [1.165, 1.54) is 6.07 Å². The molecule has 1 amide bonds. The monoisotopic (exact) mass is 299 g/mol. The van der Waals surface area contributed by atoms with E-state index >= 15 is 0 Å². The molecule has 0 atom stereocenters. The van der Waals surface area contributed by atoms with E-state index in [0.29, 0.717) is 13.0 Å². The Morgan fingerprint density at radius 2 is 2.00 bits per heavy atom. The predicted octanol–water partition coefficient (Wildman–Crippen LogP) is 0.478. The summed E-state index contributed by atoms with van der Waals surface area (Å²) >= 11 is 0. The van der Waals surface area contributed by atoms with Gasteiger partial charge < -0.3 is 10.4 Å². The molecule has 2 N–H and O–H groups in total. The Kier molecular flexibility index (Phi) is 5.69. The van der Waals surface area contributed by atoms with Crippen molar-refractivity contribution >= 4 is 21.7 Å². The number of benzene rings is 1. The van der Waals surface area contributed by atoms with Crippen molar-refractivity contribution in [1.82, 2.24) is 5.32 Å². The molecule has 0 aliphatic rings. The highest BCUT2D eigenvalue weighted by molar-refractivity contribution is 7.90. The Labute approximate surface area is 117 Å². The fourth-order valence-corrected chi connectivity index (χ4v) is 2.13. The Balaban J connectivity index is 2.39. The maximum absolute atomic E-state index is 11.4. The fourth-order valence-electron chi connectivity index (χ4n) is 1.57. The second kappa shape index (κ2) is 7.04. The van der Waals surface area contributed by atoms with Crippen LogP contribution in [0.3, 0.4) is 0 Å². The van der Waals surface area contributed by atoms with E-state index in [-0.39, 0.29) is 23.6 Å². The molecule has 0 saturated heterocycles. The van der Waals surface area contributed by atoms with Crippen molar-refractivity contribution in [2.24, 2.45) is 0 Å². The molecule has 0 bridgehead atoms. The number of amides is 1. The first-order valence-corrected chi connectivity index (χ1v) is 8.10. The highest BCUT2D eigenvalue weighted by Crippen LogP contribution is 2.05. The van der Waals surface area contributed by atoms with Gasteiger partial charge in [-0.1, -0.05) is 12.1 Å². The first kappa shape index (κ1) is 16.2. The molecule has 1 aromatic carbocycles. The number of carboxylic acids is 1. The third-order valence-corrected chi connectivity index (χ3v) is 3.56. The summed E-state index contributed by atoms with van der Waals surface area (Å²) in [4.78, 5) is 22.2. The molecule has 110 valence electrons. The highest BCUT2D eigenvalue weighted by atomic mass is 32.2. The SMILES string of the molecule is CS(=O)(=O)CCC(=O)NCCc1cccc(C(=O)O)c1. The van der Waals surface area contributed by atoms with Crippen molar-refractivity contribution < 1.29 is 23.1 Å². The van der Waals surface area contributed by atoms with Gasteiger partial charge in [-0.15, -0.1) is 0 Å². The average molecular weight is 299 g/mol. The summed E-state index contributed by atoms with van der Waals surface area (Å²) in [6.07, 6.45) is 1.51. The molecule has 0 aliphatic carbocycles. The van der Waals surface area contributed by atoms with Crippen LogP contribution in [0.1, 0.15) is 22.3 Å². The van der Waals surface area contributed by atoms with E-state index in [1.54, 1.807) is 18.2 Å². The molecule has 20 heavy (non-hydrogen) atoms. The molecule has 6 nitrogen and oxygen atoms in total. The molecular weight excluding hydrogens is 282 g/mol. The van der Waals surface area contributed by atoms with Gasteiger partial charge in [0.1, 0.15) is 9.84 Å². The van der Waals surface area contributed by atoms with Gasteiger partial charge >= 0.3 is 5.97 Å². The highest BCUT2D eigenvalue weighted by Gasteiger charge is 2.08. The zero-order valence-electron chi connectivity index (χ0n) is 11.1. The molecule has 7 heteroatoms. The lowest BCUT2D eigenvalue weighted by atomic mass is 10.1. The molecule has 1 rings (SSSR count). The molecule has 0 saturated carbocycles. The Bertz CT molecular complexity index is 595. The lowest BCUT2D eigenvalue weighted by Crippen LogP contribution is -2.27. The number of carbonyl (C=O) groups excluding carboxylic acids is 1. The summed E-state index contributed by atoms with van der Waals surface area (Å²) in [6, 6.07) is 6.46. The largest absolute Gasteiger partial charge is 0.478 e. The predicted molar refractivity (Wildman–Crippen MR) is 74.4 cm³/mol. The van der Waals surface area contributed by atoms with Gasteiger partial charge in [-0.25, -0.2) is 13.2 Å². The lowest BCUT2D eigenvalue weighted by Gasteiger charge is -2.05. The number of nitrogens with one attached hydrogen (secondary N) is 1. The van der Waals surface area contributed by atoms with Gasteiger partial charge in [0, 0.05) is 19.2 Å². The van der Waals surface area contributed by atoms with E-state index in [1.807, 2.05) is 0 Å². The summed E-state index contributed by atoms with van der Waals surface area (Å²) in [5, 5.41) is 11.4. The number of carboxylic acid groups (broad SMARTS) is 1. The minimum atomic E-state index is -3.14. The van der Waals surface area contributed by atoms with E-state index in [2.05, 4.69) is 5.32 Å². The van der Waals surface area contributed by atoms with Gasteiger partial charge in [0.15, 0.2) is 0 Å². The fraction of sp³-hybridized carbons (Fsp3) is 0.385. The molecule has 0 aromatic heterocycles. The van der Waals surface area contributed by atoms with Crippen molar-refractivity contribution in [3.8, 4) is 0 Å². The molecular formula is C13H17NO5S. The molecule has 0 radical (unpaired) electrons. The molecule has 0 unspecified atom stereocenters. The van der Waals surface area contributed by atoms with Crippen LogP contribution in [-0.2, 0) is 21.1 Å². The topological polar surface area (TPSA) is 101 Å². The van der Waals surface area contributed by atoms with Gasteiger partial charge in [0.2, 0.25) is 5.91 Å². The van der Waals surface area contributed by atoms with Crippen LogP contribution in [0.4, 0.5) is 0 Å². The second-order valence-corrected chi connectivity index (χ2v) is 6.75. The van der Waals surface area contributed by atoms with Crippen LogP contribution >= 0.6 is 0 Å². The summed E-state index contributed by atoms with van der Waals surface area (Å²) in [7, 11) is -3.14. The summed E-state index contributed by atoms with van der Waals surface area (Å²) in [5.74, 6) is -1.50. The van der Waals surface area contributed by atoms with Crippen molar-refractivity contribution in [3.05, 3.63) is 35.4 Å². The number of rotatable bonds is 7. The smallest absolute Gasteiger partial charge is 0.335 e. The number of carbonyl (C=O) groups is 2. The van der Waals surface area contributed by atoms with Crippen LogP contribution < -0.4 is 5.32 Å². The normalized spacial score (nSPS) is 11.1. The molecule has 0 aliphatic heterocycles. The summed E-state index contributed by atoms with van der Waals surface area (Å²) < 4.78 is 21.8. The van der Waals surface area contributed by atoms with Gasteiger partial charge in [0.05, 0.1) is 11.3 Å². The quantitative estimate of drug-likeness (QED) is 0.762. The first-order chi connectivity index (χ1) is 9.28. The van der Waals surface area contributed by atoms with E-state index in [4.69, 9.17) is 5.11 Å². The summed E-state index contributed by atoms with van der Waals surface area (Å²) in [5.41, 5.74) is 0.999. The second-order valence-electron chi connectivity index (χ2n) is 4.49. The zero-order valence-corrected chi connectivity index (χ0v) is 11.9. The van der Waals surface area contributed by atoms with Gasteiger partial charge in [-0.3, -0.25) is 4.79 Å². The first-order valence-electron chi connectivity index (χ1n) is 6.04. The lowest BCUT2D eigenvalue weighted by molar-refractivity contribution is -0.120. The maximum atomic E-state index is 11.4. The Morgan fingerprint density at radius 3 is 2.60 bits per heavy atom. The minimum absolute atomic E-state index is 0.0615. The number of hydrogen-bond acceptors (Lipinski definition) is 4. The molecule has 1 aromatic rings. The van der Waals surface area contributed by atoms with Gasteiger partial charge in [-0.2, -0.15) is 0 Å². The van der Waals surface area contributed by atoms with Gasteiger partial charge in [0.25, 0.3) is 0 Å². The zero-order chi connectivity index (χ0) is 15.2. The Hall–Kier alpha value is -1.89. The van der Waals surface area contributed by atoms with Crippen molar-refractivity contribution in [2.45, 2.75) is 12.8 Å². The molecule has 0 fully saturated rings. The standard InChI is InChI=1S/C13H17NO5S/c1-20(18,19)8-6-12(15)14-7-5-10-3-2-4-11(9-10)13(16)17/h2-4,9H,5-8H2,1H3,(H,14,15)(H,16,17). The van der Waals surface area contributed by atoms with Crippen LogP contribution in [0, 0.1) is 0 Å². The molecule has 0 heterocycles. The van der Waals surface area contributed by atoms with Crippen LogP contribution in [0.25, 0.3) is 0 Å². The van der Waals surface area contributed by atoms with Crippen LogP contribution in [0.15, 0.2) is 24.3 Å². The van der Waals surface area contributed by atoms with Crippen LogP contribution in [0.2, 0.25) is 0 Å². The van der Waals surface area contributed by atoms with E-state index in [9.17, 15) is 18.0 Å². The van der Waals surface area contributed by atoms with Crippen LogP contribution in [0.5, 0.6) is 0 Å². The number of sulfone groups is 1.